The van der Waals surface area contributed by atoms with Gasteiger partial charge >= 0.3 is 0 Å². The molecule has 0 aliphatic carbocycles. The highest BCUT2D eigenvalue weighted by Gasteiger charge is 2.17. The molecule has 2 aromatic heterocycles. The van der Waals surface area contributed by atoms with Gasteiger partial charge < -0.3 is 31.8 Å². The van der Waals surface area contributed by atoms with Gasteiger partial charge in [-0.3, -0.25) is 9.59 Å². The second-order valence-corrected chi connectivity index (χ2v) is 6.51. The number of rotatable bonds is 9. The predicted octanol–water partition coefficient (Wildman–Crippen LogP) is 1.02. The standard InChI is InChI=1S/C19H22N8O3/c1-11(29)24-12-3-2-4-13(5-12)26-19-22-8-16(17(20)30)18(27-19)25-15(9-28)6-14-7-21-10-23-14/h2-5,7-8,10,15,28H,6,9H2,1H3,(H2,20,30)(H,21,23)(H,24,29)(H2,22,25,26,27)/t15-/m1/s1. The Morgan fingerprint density at radius 3 is 2.73 bits per heavy atom. The van der Waals surface area contributed by atoms with E-state index in [1.54, 1.807) is 36.8 Å². The molecule has 3 aromatic rings. The Bertz CT molecular complexity index is 1020. The van der Waals surface area contributed by atoms with Gasteiger partial charge in [0.2, 0.25) is 11.9 Å². The molecule has 1 aromatic carbocycles. The fourth-order valence-electron chi connectivity index (χ4n) is 2.76. The van der Waals surface area contributed by atoms with E-state index in [1.807, 2.05) is 0 Å². The lowest BCUT2D eigenvalue weighted by Gasteiger charge is -2.18. The molecule has 0 saturated carbocycles. The van der Waals surface area contributed by atoms with Crippen LogP contribution in [0.1, 0.15) is 23.0 Å². The molecule has 11 nitrogen and oxygen atoms in total. The quantitative estimate of drug-likeness (QED) is 0.303. The molecule has 0 aliphatic heterocycles. The maximum atomic E-state index is 11.8. The van der Waals surface area contributed by atoms with Crippen molar-refractivity contribution in [3.8, 4) is 0 Å². The summed E-state index contributed by atoms with van der Waals surface area (Å²) >= 11 is 0. The van der Waals surface area contributed by atoms with Crippen molar-refractivity contribution in [2.45, 2.75) is 19.4 Å². The Kier molecular flexibility index (Phi) is 6.55. The second kappa shape index (κ2) is 9.47. The highest BCUT2D eigenvalue weighted by molar-refractivity contribution is 5.97. The minimum absolute atomic E-state index is 0.0932. The van der Waals surface area contributed by atoms with Gasteiger partial charge in [-0.2, -0.15) is 4.98 Å². The average molecular weight is 410 g/mol. The van der Waals surface area contributed by atoms with Crippen LogP contribution in [0.3, 0.4) is 0 Å². The number of nitrogens with two attached hydrogens (primary N) is 1. The Hall–Kier alpha value is -3.99. The van der Waals surface area contributed by atoms with Gasteiger partial charge in [0.1, 0.15) is 5.82 Å². The first kappa shape index (κ1) is 20.7. The Balaban J connectivity index is 1.82. The first-order valence-electron chi connectivity index (χ1n) is 9.10. The van der Waals surface area contributed by atoms with Gasteiger partial charge in [-0.15, -0.1) is 0 Å². The van der Waals surface area contributed by atoms with Gasteiger partial charge in [0.05, 0.1) is 24.5 Å². The van der Waals surface area contributed by atoms with Crippen LogP contribution in [0.15, 0.2) is 43.0 Å². The van der Waals surface area contributed by atoms with E-state index in [4.69, 9.17) is 5.73 Å². The van der Waals surface area contributed by atoms with Gasteiger partial charge in [0.25, 0.3) is 5.91 Å². The molecule has 0 spiro atoms. The number of amides is 2. The van der Waals surface area contributed by atoms with Crippen molar-refractivity contribution in [1.82, 2.24) is 19.9 Å². The third-order valence-corrected chi connectivity index (χ3v) is 4.08. The molecule has 11 heteroatoms. The number of hydrogen-bond acceptors (Lipinski definition) is 8. The Morgan fingerprint density at radius 1 is 1.27 bits per heavy atom. The van der Waals surface area contributed by atoms with Gasteiger partial charge in [-0.25, -0.2) is 9.97 Å². The maximum absolute atomic E-state index is 11.8. The number of aliphatic hydroxyl groups is 1. The van der Waals surface area contributed by atoms with Crippen molar-refractivity contribution < 1.29 is 14.7 Å². The molecule has 3 rings (SSSR count). The lowest BCUT2D eigenvalue weighted by atomic mass is 10.1. The molecule has 0 saturated heterocycles. The molecule has 156 valence electrons. The molecule has 0 radical (unpaired) electrons. The van der Waals surface area contributed by atoms with Crippen molar-refractivity contribution >= 4 is 35.0 Å². The van der Waals surface area contributed by atoms with Crippen LogP contribution in [-0.4, -0.2) is 49.5 Å². The van der Waals surface area contributed by atoms with E-state index in [1.165, 1.54) is 13.1 Å². The number of imidazole rings is 1. The number of aromatic nitrogens is 4. The summed E-state index contributed by atoms with van der Waals surface area (Å²) < 4.78 is 0. The molecule has 1 atom stereocenters. The molecule has 0 aliphatic rings. The third kappa shape index (κ3) is 5.52. The van der Waals surface area contributed by atoms with Crippen molar-refractivity contribution in [3.05, 3.63) is 54.2 Å². The Labute approximate surface area is 172 Å². The van der Waals surface area contributed by atoms with Crippen molar-refractivity contribution in [2.75, 3.05) is 22.6 Å². The normalized spacial score (nSPS) is 11.5. The fourth-order valence-corrected chi connectivity index (χ4v) is 2.76. The van der Waals surface area contributed by atoms with E-state index in [9.17, 15) is 14.7 Å². The average Bonchev–Trinajstić information content (AvgIpc) is 3.20. The van der Waals surface area contributed by atoms with E-state index in [-0.39, 0.29) is 29.8 Å². The van der Waals surface area contributed by atoms with Crippen LogP contribution >= 0.6 is 0 Å². The molecule has 0 bridgehead atoms. The third-order valence-electron chi connectivity index (χ3n) is 4.08. The van der Waals surface area contributed by atoms with Gasteiger partial charge in [-0.1, -0.05) is 6.07 Å². The second-order valence-electron chi connectivity index (χ2n) is 6.51. The Morgan fingerprint density at radius 2 is 2.07 bits per heavy atom. The van der Waals surface area contributed by atoms with Crippen molar-refractivity contribution in [1.29, 1.82) is 0 Å². The number of carbonyl (C=O) groups is 2. The maximum Gasteiger partial charge on any atom is 0.254 e. The zero-order valence-corrected chi connectivity index (χ0v) is 16.2. The van der Waals surface area contributed by atoms with E-state index < -0.39 is 11.9 Å². The van der Waals surface area contributed by atoms with Crippen LogP contribution in [0.4, 0.5) is 23.1 Å². The van der Waals surface area contributed by atoms with Crippen LogP contribution in [0, 0.1) is 0 Å². The summed E-state index contributed by atoms with van der Waals surface area (Å²) in [5.74, 6) is -0.486. The van der Waals surface area contributed by atoms with E-state index in [2.05, 4.69) is 35.9 Å². The summed E-state index contributed by atoms with van der Waals surface area (Å²) in [5, 5.41) is 18.5. The summed E-state index contributed by atoms with van der Waals surface area (Å²) in [5.41, 5.74) is 7.59. The van der Waals surface area contributed by atoms with Crippen molar-refractivity contribution in [2.24, 2.45) is 5.73 Å². The fraction of sp³-hybridized carbons (Fsp3) is 0.211. The molecular formula is C19H22N8O3. The van der Waals surface area contributed by atoms with Gasteiger partial charge in [-0.05, 0) is 18.2 Å². The SMILES string of the molecule is CC(=O)Nc1cccc(Nc2ncc(C(N)=O)c(N[C@@H](CO)Cc3cnc[nH]3)n2)c1. The highest BCUT2D eigenvalue weighted by atomic mass is 16.3. The van der Waals surface area contributed by atoms with E-state index >= 15 is 0 Å². The van der Waals surface area contributed by atoms with Crippen LogP contribution in [0.25, 0.3) is 0 Å². The lowest BCUT2D eigenvalue weighted by Crippen LogP contribution is -2.29. The lowest BCUT2D eigenvalue weighted by molar-refractivity contribution is -0.114. The van der Waals surface area contributed by atoms with E-state index in [0.29, 0.717) is 17.8 Å². The number of nitrogens with zero attached hydrogens (tertiary/aromatic N) is 3. The summed E-state index contributed by atoms with van der Waals surface area (Å²) in [7, 11) is 0. The zero-order valence-electron chi connectivity index (χ0n) is 16.2. The summed E-state index contributed by atoms with van der Waals surface area (Å²) in [6.45, 7) is 1.22. The molecular weight excluding hydrogens is 388 g/mol. The topological polar surface area (TPSA) is 171 Å². The summed E-state index contributed by atoms with van der Waals surface area (Å²) in [4.78, 5) is 38.4. The number of benzene rings is 1. The van der Waals surface area contributed by atoms with Gasteiger partial charge in [0, 0.05) is 42.8 Å². The minimum atomic E-state index is -0.699. The summed E-state index contributed by atoms with van der Waals surface area (Å²) in [6.07, 6.45) is 4.93. The molecule has 7 N–H and O–H groups in total. The van der Waals surface area contributed by atoms with Crippen LogP contribution in [0.2, 0.25) is 0 Å². The molecule has 0 fully saturated rings. The first-order chi connectivity index (χ1) is 14.4. The predicted molar refractivity (Wildman–Crippen MR) is 111 cm³/mol. The smallest absolute Gasteiger partial charge is 0.254 e. The number of H-pyrrole nitrogens is 1. The van der Waals surface area contributed by atoms with E-state index in [0.717, 1.165) is 5.69 Å². The van der Waals surface area contributed by atoms with Gasteiger partial charge in [0.15, 0.2) is 0 Å². The first-order valence-corrected chi connectivity index (χ1v) is 9.10. The van der Waals surface area contributed by atoms with Crippen LogP contribution in [0.5, 0.6) is 0 Å². The minimum Gasteiger partial charge on any atom is -0.394 e. The molecule has 2 heterocycles. The molecule has 30 heavy (non-hydrogen) atoms. The molecule has 0 unspecified atom stereocenters. The number of hydrogen-bond donors (Lipinski definition) is 6. The number of aliphatic hydroxyl groups excluding tert-OH is 1. The number of anilines is 4. The summed E-state index contributed by atoms with van der Waals surface area (Å²) in [6, 6.07) is 6.57. The monoisotopic (exact) mass is 410 g/mol. The van der Waals surface area contributed by atoms with Crippen LogP contribution in [-0.2, 0) is 11.2 Å². The number of carbonyl (C=O) groups excluding carboxylic acids is 2. The highest BCUT2D eigenvalue weighted by Crippen LogP contribution is 2.21. The number of primary amides is 1. The number of aromatic amines is 1. The molecule has 2 amide bonds. The zero-order chi connectivity index (χ0) is 21.5. The van der Waals surface area contributed by atoms with Crippen LogP contribution < -0.4 is 21.7 Å². The number of nitrogens with one attached hydrogen (secondary N) is 4. The largest absolute Gasteiger partial charge is 0.394 e. The van der Waals surface area contributed by atoms with Crippen molar-refractivity contribution in [3.63, 3.8) is 0 Å².